The van der Waals surface area contributed by atoms with Crippen molar-refractivity contribution >= 4 is 0 Å². The third-order valence-electron chi connectivity index (χ3n) is 1.78. The van der Waals surface area contributed by atoms with Crippen molar-refractivity contribution in [3.63, 3.8) is 0 Å². The molecule has 1 unspecified atom stereocenters. The molecule has 0 radical (unpaired) electrons. The zero-order valence-electron chi connectivity index (χ0n) is 8.06. The van der Waals surface area contributed by atoms with Gasteiger partial charge in [-0.25, -0.2) is 0 Å². The molecule has 4 heteroatoms. The first-order valence-electron chi connectivity index (χ1n) is 4.35. The van der Waals surface area contributed by atoms with E-state index in [4.69, 9.17) is 20.8 Å². The first-order valence-corrected chi connectivity index (χ1v) is 4.35. The van der Waals surface area contributed by atoms with Crippen LogP contribution in [-0.4, -0.2) is 23.5 Å². The van der Waals surface area contributed by atoms with Gasteiger partial charge in [0, 0.05) is 12.0 Å². The SMILES string of the molecule is C#CCOCC(C)c1cc(CO)no1. The summed E-state index contributed by atoms with van der Waals surface area (Å²) in [6.07, 6.45) is 5.04. The second kappa shape index (κ2) is 5.43. The molecule has 0 fully saturated rings. The van der Waals surface area contributed by atoms with Crippen LogP contribution >= 0.6 is 0 Å². The quantitative estimate of drug-likeness (QED) is 0.560. The van der Waals surface area contributed by atoms with Crippen LogP contribution in [0, 0.1) is 12.3 Å². The molecule has 76 valence electrons. The summed E-state index contributed by atoms with van der Waals surface area (Å²) in [5, 5.41) is 12.4. The highest BCUT2D eigenvalue weighted by Gasteiger charge is 2.11. The Morgan fingerprint density at radius 3 is 3.14 bits per heavy atom. The largest absolute Gasteiger partial charge is 0.390 e. The molecule has 1 atom stereocenters. The molecule has 0 aliphatic rings. The maximum absolute atomic E-state index is 8.77. The fourth-order valence-electron chi connectivity index (χ4n) is 1.01. The topological polar surface area (TPSA) is 55.5 Å². The molecule has 0 bridgehead atoms. The zero-order chi connectivity index (χ0) is 10.4. The van der Waals surface area contributed by atoms with E-state index in [-0.39, 0.29) is 12.5 Å². The first-order chi connectivity index (χ1) is 6.77. The van der Waals surface area contributed by atoms with Gasteiger partial charge in [-0.2, -0.15) is 0 Å². The van der Waals surface area contributed by atoms with Gasteiger partial charge in [-0.15, -0.1) is 6.42 Å². The van der Waals surface area contributed by atoms with Crippen LogP contribution in [-0.2, 0) is 11.3 Å². The average molecular weight is 195 g/mol. The second-order valence-corrected chi connectivity index (χ2v) is 3.00. The predicted molar refractivity (Wildman–Crippen MR) is 50.5 cm³/mol. The van der Waals surface area contributed by atoms with Crippen LogP contribution < -0.4 is 0 Å². The van der Waals surface area contributed by atoms with Gasteiger partial charge in [-0.05, 0) is 0 Å². The Kier molecular flexibility index (Phi) is 4.17. The summed E-state index contributed by atoms with van der Waals surface area (Å²) < 4.78 is 10.2. The molecule has 0 saturated heterocycles. The number of terminal acetylenes is 1. The van der Waals surface area contributed by atoms with E-state index in [0.29, 0.717) is 24.7 Å². The van der Waals surface area contributed by atoms with Crippen molar-refractivity contribution in [3.05, 3.63) is 17.5 Å². The number of aliphatic hydroxyl groups excluding tert-OH is 1. The number of hydrogen-bond donors (Lipinski definition) is 1. The number of ether oxygens (including phenoxy) is 1. The number of hydrogen-bond acceptors (Lipinski definition) is 4. The molecule has 1 N–H and O–H groups in total. The molecule has 0 aliphatic carbocycles. The molecule has 1 rings (SSSR count). The van der Waals surface area contributed by atoms with Gasteiger partial charge in [-0.1, -0.05) is 18.0 Å². The molecule has 0 saturated carbocycles. The van der Waals surface area contributed by atoms with Crippen molar-refractivity contribution in [1.82, 2.24) is 5.16 Å². The van der Waals surface area contributed by atoms with E-state index in [1.54, 1.807) is 6.07 Å². The summed E-state index contributed by atoms with van der Waals surface area (Å²) in [6.45, 7) is 2.62. The highest BCUT2D eigenvalue weighted by atomic mass is 16.5. The molecular weight excluding hydrogens is 182 g/mol. The predicted octanol–water partition coefficient (Wildman–Crippen LogP) is 0.920. The number of aromatic nitrogens is 1. The Labute approximate surface area is 82.9 Å². The smallest absolute Gasteiger partial charge is 0.142 e. The number of rotatable bonds is 5. The van der Waals surface area contributed by atoms with Crippen LogP contribution in [0.5, 0.6) is 0 Å². The van der Waals surface area contributed by atoms with Crippen LogP contribution in [0.3, 0.4) is 0 Å². The summed E-state index contributed by atoms with van der Waals surface area (Å²) in [5.41, 5.74) is 0.531. The zero-order valence-corrected chi connectivity index (χ0v) is 8.06. The summed E-state index contributed by atoms with van der Waals surface area (Å²) in [6, 6.07) is 1.71. The van der Waals surface area contributed by atoms with Gasteiger partial charge >= 0.3 is 0 Å². The highest BCUT2D eigenvalue weighted by Crippen LogP contribution is 2.16. The standard InChI is InChI=1S/C10H13NO3/c1-3-4-13-7-8(2)10-5-9(6-12)11-14-10/h1,5,8,12H,4,6-7H2,2H3. The number of nitrogens with zero attached hydrogens (tertiary/aromatic N) is 1. The van der Waals surface area contributed by atoms with Gasteiger partial charge in [0.1, 0.15) is 18.1 Å². The van der Waals surface area contributed by atoms with E-state index in [0.717, 1.165) is 0 Å². The minimum absolute atomic E-state index is 0.0937. The fraction of sp³-hybridized carbons (Fsp3) is 0.500. The molecule has 1 heterocycles. The summed E-state index contributed by atoms with van der Waals surface area (Å²) >= 11 is 0. The van der Waals surface area contributed by atoms with E-state index in [1.807, 2.05) is 6.92 Å². The lowest BCUT2D eigenvalue weighted by atomic mass is 10.1. The Hall–Kier alpha value is -1.31. The van der Waals surface area contributed by atoms with Gasteiger partial charge < -0.3 is 14.4 Å². The van der Waals surface area contributed by atoms with Gasteiger partial charge in [0.05, 0.1) is 13.2 Å². The molecule has 0 spiro atoms. The second-order valence-electron chi connectivity index (χ2n) is 3.00. The normalized spacial score (nSPS) is 12.4. The van der Waals surface area contributed by atoms with Crippen LogP contribution in [0.1, 0.15) is 24.3 Å². The Morgan fingerprint density at radius 2 is 2.57 bits per heavy atom. The Balaban J connectivity index is 2.44. The van der Waals surface area contributed by atoms with Crippen molar-refractivity contribution in [1.29, 1.82) is 0 Å². The molecule has 0 amide bonds. The van der Waals surface area contributed by atoms with Crippen LogP contribution in [0.15, 0.2) is 10.6 Å². The van der Waals surface area contributed by atoms with Crippen molar-refractivity contribution < 1.29 is 14.4 Å². The molecule has 0 aliphatic heterocycles. The monoisotopic (exact) mass is 195 g/mol. The fourth-order valence-corrected chi connectivity index (χ4v) is 1.01. The molecule has 14 heavy (non-hydrogen) atoms. The van der Waals surface area contributed by atoms with E-state index in [2.05, 4.69) is 11.1 Å². The lowest BCUT2D eigenvalue weighted by Gasteiger charge is -2.05. The van der Waals surface area contributed by atoms with Gasteiger partial charge in [0.15, 0.2) is 0 Å². The molecule has 4 nitrogen and oxygen atoms in total. The van der Waals surface area contributed by atoms with Crippen LogP contribution in [0.25, 0.3) is 0 Å². The first kappa shape index (κ1) is 10.8. The highest BCUT2D eigenvalue weighted by molar-refractivity contribution is 5.08. The lowest BCUT2D eigenvalue weighted by Crippen LogP contribution is -2.03. The molecule has 1 aromatic rings. The summed E-state index contributed by atoms with van der Waals surface area (Å²) in [5.74, 6) is 3.18. The third kappa shape index (κ3) is 2.87. The molecule has 1 aromatic heterocycles. The van der Waals surface area contributed by atoms with Crippen molar-refractivity contribution in [2.45, 2.75) is 19.4 Å². The average Bonchev–Trinajstić information content (AvgIpc) is 2.66. The van der Waals surface area contributed by atoms with Crippen molar-refractivity contribution in [2.24, 2.45) is 0 Å². The van der Waals surface area contributed by atoms with Gasteiger partial charge in [0.2, 0.25) is 0 Å². The summed E-state index contributed by atoms with van der Waals surface area (Å²) in [7, 11) is 0. The van der Waals surface area contributed by atoms with Crippen molar-refractivity contribution in [3.8, 4) is 12.3 Å². The maximum atomic E-state index is 8.77. The minimum Gasteiger partial charge on any atom is -0.390 e. The number of aliphatic hydroxyl groups is 1. The van der Waals surface area contributed by atoms with E-state index >= 15 is 0 Å². The third-order valence-corrected chi connectivity index (χ3v) is 1.78. The minimum atomic E-state index is -0.110. The van der Waals surface area contributed by atoms with Crippen LogP contribution in [0.4, 0.5) is 0 Å². The Bertz CT molecular complexity index is 313. The van der Waals surface area contributed by atoms with E-state index in [1.165, 1.54) is 0 Å². The molecular formula is C10H13NO3. The van der Waals surface area contributed by atoms with Crippen LogP contribution in [0.2, 0.25) is 0 Å². The van der Waals surface area contributed by atoms with Gasteiger partial charge in [-0.3, -0.25) is 0 Å². The maximum Gasteiger partial charge on any atom is 0.142 e. The lowest BCUT2D eigenvalue weighted by molar-refractivity contribution is 0.145. The van der Waals surface area contributed by atoms with E-state index in [9.17, 15) is 0 Å². The Morgan fingerprint density at radius 1 is 1.79 bits per heavy atom. The van der Waals surface area contributed by atoms with Crippen molar-refractivity contribution in [2.75, 3.05) is 13.2 Å². The van der Waals surface area contributed by atoms with E-state index < -0.39 is 0 Å². The van der Waals surface area contributed by atoms with Gasteiger partial charge in [0.25, 0.3) is 0 Å². The molecule has 0 aromatic carbocycles. The summed E-state index contributed by atoms with van der Waals surface area (Å²) in [4.78, 5) is 0.